The zero-order valence-electron chi connectivity index (χ0n) is 12.5. The normalized spacial score (nSPS) is 17.3. The number of pyridine rings is 1. The Morgan fingerprint density at radius 3 is 2.81 bits per heavy atom. The largest absolute Gasteiger partial charge is 0.381 e. The molecule has 2 N–H and O–H groups in total. The van der Waals surface area contributed by atoms with Crippen molar-refractivity contribution in [2.75, 3.05) is 31.6 Å². The minimum atomic E-state index is -0.119. The summed E-state index contributed by atoms with van der Waals surface area (Å²) < 4.78 is 5.37. The number of nitrogens with zero attached hydrogens (tertiary/aromatic N) is 1. The van der Waals surface area contributed by atoms with Crippen LogP contribution in [-0.4, -0.2) is 37.2 Å². The van der Waals surface area contributed by atoms with E-state index in [2.05, 4.69) is 22.5 Å². The van der Waals surface area contributed by atoms with E-state index in [1.165, 1.54) is 0 Å². The Kier molecular flexibility index (Phi) is 5.42. The molecule has 6 heteroatoms. The summed E-state index contributed by atoms with van der Waals surface area (Å²) in [6.45, 7) is 7.04. The van der Waals surface area contributed by atoms with Crippen LogP contribution in [0.3, 0.4) is 0 Å². The van der Waals surface area contributed by atoms with Crippen LogP contribution in [0.15, 0.2) is 12.1 Å². The number of aromatic nitrogens is 1. The van der Waals surface area contributed by atoms with E-state index in [4.69, 9.17) is 16.3 Å². The van der Waals surface area contributed by atoms with Crippen LogP contribution >= 0.6 is 11.6 Å². The molecule has 2 heterocycles. The van der Waals surface area contributed by atoms with Crippen LogP contribution in [0.5, 0.6) is 0 Å². The lowest BCUT2D eigenvalue weighted by atomic mass is 9.82. The Balaban J connectivity index is 1.99. The molecule has 0 aromatic carbocycles. The second-order valence-corrected chi connectivity index (χ2v) is 6.09. The molecule has 0 aliphatic carbocycles. The average molecular weight is 312 g/mol. The van der Waals surface area contributed by atoms with Gasteiger partial charge in [-0.1, -0.05) is 18.5 Å². The minimum absolute atomic E-state index is 0.106. The van der Waals surface area contributed by atoms with Crippen LogP contribution in [0.1, 0.15) is 37.0 Å². The molecule has 0 radical (unpaired) electrons. The van der Waals surface area contributed by atoms with Crippen LogP contribution in [0.2, 0.25) is 5.15 Å². The summed E-state index contributed by atoms with van der Waals surface area (Å²) in [7, 11) is 0. The molecule has 1 aliphatic rings. The standard InChI is InChI=1S/C15H22ClN3O2/c1-3-17-13-9-11(8-12(16)19-13)14(20)18-10-15(2)4-6-21-7-5-15/h8-9H,3-7,10H2,1-2H3,(H,17,19)(H,18,20). The minimum Gasteiger partial charge on any atom is -0.381 e. The number of carbonyl (C=O) groups is 1. The summed E-state index contributed by atoms with van der Waals surface area (Å²) in [5.41, 5.74) is 0.636. The number of rotatable bonds is 5. The second-order valence-electron chi connectivity index (χ2n) is 5.70. The molecule has 21 heavy (non-hydrogen) atoms. The van der Waals surface area contributed by atoms with Crippen LogP contribution < -0.4 is 10.6 Å². The Labute approximate surface area is 130 Å². The highest BCUT2D eigenvalue weighted by atomic mass is 35.5. The van der Waals surface area contributed by atoms with Crippen molar-refractivity contribution in [2.24, 2.45) is 5.41 Å². The van der Waals surface area contributed by atoms with Crippen LogP contribution in [-0.2, 0) is 4.74 Å². The van der Waals surface area contributed by atoms with E-state index in [1.807, 2.05) is 6.92 Å². The lowest BCUT2D eigenvalue weighted by Crippen LogP contribution is -2.39. The van der Waals surface area contributed by atoms with Gasteiger partial charge >= 0.3 is 0 Å². The predicted molar refractivity (Wildman–Crippen MR) is 83.9 cm³/mol. The van der Waals surface area contributed by atoms with Gasteiger partial charge in [0.1, 0.15) is 11.0 Å². The van der Waals surface area contributed by atoms with Gasteiger partial charge in [-0.25, -0.2) is 4.98 Å². The molecule has 1 aromatic heterocycles. The zero-order valence-corrected chi connectivity index (χ0v) is 13.3. The number of amides is 1. The molecule has 116 valence electrons. The molecule has 1 saturated heterocycles. The van der Waals surface area contributed by atoms with E-state index < -0.39 is 0 Å². The molecule has 0 spiro atoms. The number of anilines is 1. The second kappa shape index (κ2) is 7.09. The van der Waals surface area contributed by atoms with Gasteiger partial charge in [0, 0.05) is 31.9 Å². The predicted octanol–water partition coefficient (Wildman–Crippen LogP) is 2.71. The first-order valence-electron chi connectivity index (χ1n) is 7.30. The van der Waals surface area contributed by atoms with Gasteiger partial charge in [-0.2, -0.15) is 0 Å². The monoisotopic (exact) mass is 311 g/mol. The average Bonchev–Trinajstić information content (AvgIpc) is 2.45. The van der Waals surface area contributed by atoms with Crippen molar-refractivity contribution in [3.63, 3.8) is 0 Å². The summed E-state index contributed by atoms with van der Waals surface area (Å²) in [6.07, 6.45) is 1.93. The number of ether oxygens (including phenoxy) is 1. The molecular formula is C15H22ClN3O2. The quantitative estimate of drug-likeness (QED) is 0.821. The van der Waals surface area contributed by atoms with Gasteiger partial charge in [-0.05, 0) is 37.3 Å². The van der Waals surface area contributed by atoms with Crippen molar-refractivity contribution in [1.29, 1.82) is 0 Å². The van der Waals surface area contributed by atoms with E-state index >= 15 is 0 Å². The highest BCUT2D eigenvalue weighted by molar-refractivity contribution is 6.29. The van der Waals surface area contributed by atoms with E-state index in [0.29, 0.717) is 23.1 Å². The first-order chi connectivity index (χ1) is 10.0. The summed E-state index contributed by atoms with van der Waals surface area (Å²) >= 11 is 5.96. The van der Waals surface area contributed by atoms with Crippen molar-refractivity contribution in [3.8, 4) is 0 Å². The zero-order chi connectivity index (χ0) is 15.3. The maximum Gasteiger partial charge on any atom is 0.251 e. The van der Waals surface area contributed by atoms with Crippen molar-refractivity contribution in [2.45, 2.75) is 26.7 Å². The van der Waals surface area contributed by atoms with Gasteiger partial charge in [-0.15, -0.1) is 0 Å². The van der Waals surface area contributed by atoms with Gasteiger partial charge in [0.25, 0.3) is 5.91 Å². The third kappa shape index (κ3) is 4.58. The fourth-order valence-corrected chi connectivity index (χ4v) is 2.54. The number of carbonyl (C=O) groups excluding carboxylic acids is 1. The molecule has 1 fully saturated rings. The number of hydrogen-bond donors (Lipinski definition) is 2. The lowest BCUT2D eigenvalue weighted by molar-refractivity contribution is 0.0238. The summed E-state index contributed by atoms with van der Waals surface area (Å²) in [5.74, 6) is 0.499. The number of nitrogens with one attached hydrogen (secondary N) is 2. The van der Waals surface area contributed by atoms with E-state index in [-0.39, 0.29) is 11.3 Å². The molecule has 0 bridgehead atoms. The topological polar surface area (TPSA) is 63.2 Å². The van der Waals surface area contributed by atoms with Crippen LogP contribution in [0.4, 0.5) is 5.82 Å². The SMILES string of the molecule is CCNc1cc(C(=O)NCC2(C)CCOCC2)cc(Cl)n1. The fraction of sp³-hybridized carbons (Fsp3) is 0.600. The summed E-state index contributed by atoms with van der Waals surface area (Å²) in [4.78, 5) is 16.4. The highest BCUT2D eigenvalue weighted by Crippen LogP contribution is 2.28. The van der Waals surface area contributed by atoms with Crippen LogP contribution in [0.25, 0.3) is 0 Å². The molecule has 1 aromatic rings. The van der Waals surface area contributed by atoms with Gasteiger partial charge in [-0.3, -0.25) is 4.79 Å². The first kappa shape index (κ1) is 16.0. The maximum absolute atomic E-state index is 12.3. The van der Waals surface area contributed by atoms with Gasteiger partial charge in [0.05, 0.1) is 0 Å². The van der Waals surface area contributed by atoms with E-state index in [1.54, 1.807) is 12.1 Å². The fourth-order valence-electron chi connectivity index (χ4n) is 2.34. The molecule has 1 aliphatic heterocycles. The van der Waals surface area contributed by atoms with Gasteiger partial charge < -0.3 is 15.4 Å². The third-order valence-corrected chi connectivity index (χ3v) is 3.98. The van der Waals surface area contributed by atoms with Crippen molar-refractivity contribution in [3.05, 3.63) is 22.8 Å². The van der Waals surface area contributed by atoms with Crippen LogP contribution in [0, 0.1) is 5.41 Å². The maximum atomic E-state index is 12.3. The summed E-state index contributed by atoms with van der Waals surface area (Å²) in [6, 6.07) is 3.31. The Bertz CT molecular complexity index is 502. The third-order valence-electron chi connectivity index (χ3n) is 3.79. The Hall–Kier alpha value is -1.33. The van der Waals surface area contributed by atoms with Crippen molar-refractivity contribution in [1.82, 2.24) is 10.3 Å². The molecule has 2 rings (SSSR count). The number of halogens is 1. The molecule has 0 saturated carbocycles. The lowest BCUT2D eigenvalue weighted by Gasteiger charge is -2.33. The smallest absolute Gasteiger partial charge is 0.251 e. The Morgan fingerprint density at radius 1 is 1.43 bits per heavy atom. The Morgan fingerprint density at radius 2 is 2.14 bits per heavy atom. The molecular weight excluding hydrogens is 290 g/mol. The van der Waals surface area contributed by atoms with E-state index in [9.17, 15) is 4.79 Å². The van der Waals surface area contributed by atoms with Crippen molar-refractivity contribution < 1.29 is 9.53 Å². The van der Waals surface area contributed by atoms with Crippen molar-refractivity contribution >= 4 is 23.3 Å². The first-order valence-corrected chi connectivity index (χ1v) is 7.68. The highest BCUT2D eigenvalue weighted by Gasteiger charge is 2.27. The molecule has 1 amide bonds. The van der Waals surface area contributed by atoms with Gasteiger partial charge in [0.15, 0.2) is 0 Å². The van der Waals surface area contributed by atoms with Gasteiger partial charge in [0.2, 0.25) is 0 Å². The number of hydrogen-bond acceptors (Lipinski definition) is 4. The van der Waals surface area contributed by atoms with E-state index in [0.717, 1.165) is 32.6 Å². The molecule has 5 nitrogen and oxygen atoms in total. The molecule has 0 atom stereocenters. The summed E-state index contributed by atoms with van der Waals surface area (Å²) in [5, 5.41) is 6.38. The molecule has 0 unspecified atom stereocenters.